The van der Waals surface area contributed by atoms with Crippen molar-refractivity contribution in [3.05, 3.63) is 67.6 Å². The lowest BCUT2D eigenvalue weighted by Crippen LogP contribution is -2.33. The van der Waals surface area contributed by atoms with Gasteiger partial charge < -0.3 is 9.30 Å². The van der Waals surface area contributed by atoms with Crippen LogP contribution in [0.1, 0.15) is 54.2 Å². The molecule has 2 heterocycles. The Morgan fingerprint density at radius 2 is 1.93 bits per heavy atom. The number of hydrogen-bond acceptors (Lipinski definition) is 4. The average molecular weight is 451 g/mol. The minimum Gasteiger partial charge on any atom is -0.465 e. The third-order valence-corrected chi connectivity index (χ3v) is 6.38. The molecule has 5 nitrogen and oxygen atoms in total. The van der Waals surface area contributed by atoms with E-state index in [4.69, 9.17) is 27.9 Å². The van der Waals surface area contributed by atoms with Gasteiger partial charge in [0, 0.05) is 19.1 Å². The van der Waals surface area contributed by atoms with Crippen molar-refractivity contribution >= 4 is 29.2 Å². The molecule has 0 N–H and O–H groups in total. The van der Waals surface area contributed by atoms with Gasteiger partial charge in [0.25, 0.3) is 5.56 Å². The average Bonchev–Trinajstić information content (AvgIpc) is 3.18. The zero-order valence-electron chi connectivity index (χ0n) is 17.5. The van der Waals surface area contributed by atoms with Crippen LogP contribution < -0.4 is 5.56 Å². The Labute approximate surface area is 187 Å². The van der Waals surface area contributed by atoms with Crippen LogP contribution in [-0.4, -0.2) is 35.1 Å². The van der Waals surface area contributed by atoms with Crippen molar-refractivity contribution in [1.82, 2.24) is 9.47 Å². The van der Waals surface area contributed by atoms with Crippen LogP contribution in [0.2, 0.25) is 10.0 Å². The first-order chi connectivity index (χ1) is 14.4. The molecule has 0 unspecified atom stereocenters. The van der Waals surface area contributed by atoms with Gasteiger partial charge in [-0.25, -0.2) is 4.79 Å². The lowest BCUT2D eigenvalue weighted by Gasteiger charge is -2.26. The van der Waals surface area contributed by atoms with E-state index in [1.165, 1.54) is 20.0 Å². The summed E-state index contributed by atoms with van der Waals surface area (Å²) in [5.74, 6) is -0.367. The lowest BCUT2D eigenvalue weighted by molar-refractivity contribution is 0.0600. The number of pyridine rings is 1. The van der Waals surface area contributed by atoms with E-state index in [0.29, 0.717) is 36.1 Å². The number of rotatable bonds is 8. The molecule has 1 atom stereocenters. The number of esters is 1. The third-order valence-electron chi connectivity index (χ3n) is 5.78. The molecule has 162 valence electrons. The Morgan fingerprint density at radius 3 is 2.60 bits per heavy atom. The van der Waals surface area contributed by atoms with Gasteiger partial charge in [0.1, 0.15) is 5.02 Å². The molecule has 0 bridgehead atoms. The van der Waals surface area contributed by atoms with Crippen LogP contribution in [-0.2, 0) is 24.2 Å². The molecular weight excluding hydrogens is 423 g/mol. The summed E-state index contributed by atoms with van der Waals surface area (Å²) >= 11 is 12.7. The predicted molar refractivity (Wildman–Crippen MR) is 121 cm³/mol. The van der Waals surface area contributed by atoms with Crippen molar-refractivity contribution in [3.63, 3.8) is 0 Å². The molecule has 30 heavy (non-hydrogen) atoms. The maximum absolute atomic E-state index is 12.8. The highest BCUT2D eigenvalue weighted by atomic mass is 35.5. The largest absolute Gasteiger partial charge is 0.465 e. The van der Waals surface area contributed by atoms with E-state index in [2.05, 4.69) is 11.8 Å². The summed E-state index contributed by atoms with van der Waals surface area (Å²) in [5.41, 5.74) is 2.12. The van der Waals surface area contributed by atoms with Crippen molar-refractivity contribution in [2.45, 2.75) is 58.2 Å². The van der Waals surface area contributed by atoms with E-state index in [0.717, 1.165) is 30.6 Å². The summed E-state index contributed by atoms with van der Waals surface area (Å²) in [6, 6.07) is 9.32. The molecule has 0 spiro atoms. The van der Waals surface area contributed by atoms with Crippen molar-refractivity contribution in [1.29, 1.82) is 0 Å². The molecule has 0 amide bonds. The minimum atomic E-state index is -0.367. The molecule has 1 aromatic carbocycles. The molecular formula is C23H28Cl2N2O3. The summed E-state index contributed by atoms with van der Waals surface area (Å²) in [6.45, 7) is 4.34. The molecule has 1 aromatic heterocycles. The monoisotopic (exact) mass is 450 g/mol. The summed E-state index contributed by atoms with van der Waals surface area (Å²) < 4.78 is 6.44. The van der Waals surface area contributed by atoms with Gasteiger partial charge in [-0.3, -0.25) is 9.69 Å². The van der Waals surface area contributed by atoms with Gasteiger partial charge in [-0.1, -0.05) is 48.7 Å². The number of halogens is 2. The fraction of sp³-hybridized carbons (Fsp3) is 0.478. The van der Waals surface area contributed by atoms with Crippen LogP contribution in [0.5, 0.6) is 0 Å². The topological polar surface area (TPSA) is 51.5 Å². The van der Waals surface area contributed by atoms with Gasteiger partial charge in [-0.15, -0.1) is 0 Å². The first-order valence-corrected chi connectivity index (χ1v) is 11.2. The normalized spacial score (nSPS) is 16.7. The van der Waals surface area contributed by atoms with E-state index in [1.807, 2.05) is 12.1 Å². The number of benzene rings is 1. The van der Waals surface area contributed by atoms with Gasteiger partial charge in [0.2, 0.25) is 0 Å². The molecule has 1 aliphatic heterocycles. The number of carbonyl (C=O) groups excluding carboxylic acids is 1. The second-order valence-electron chi connectivity index (χ2n) is 7.74. The van der Waals surface area contributed by atoms with Crippen molar-refractivity contribution in [2.75, 3.05) is 13.7 Å². The summed E-state index contributed by atoms with van der Waals surface area (Å²) in [5, 5.41) is 0.666. The molecule has 1 saturated heterocycles. The zero-order chi connectivity index (χ0) is 21.7. The first-order valence-electron chi connectivity index (χ1n) is 10.4. The van der Waals surface area contributed by atoms with Gasteiger partial charge >= 0.3 is 5.97 Å². The number of ether oxygens (including phenoxy) is 1. The highest BCUT2D eigenvalue weighted by molar-refractivity contribution is 6.34. The number of nitrogens with zero attached hydrogens (tertiary/aromatic N) is 2. The van der Waals surface area contributed by atoms with Crippen LogP contribution in [0.25, 0.3) is 0 Å². The molecule has 1 fully saturated rings. The smallest absolute Gasteiger partial charge is 0.337 e. The Morgan fingerprint density at radius 1 is 1.20 bits per heavy atom. The van der Waals surface area contributed by atoms with Gasteiger partial charge in [-0.05, 0) is 56.0 Å². The fourth-order valence-corrected chi connectivity index (χ4v) is 4.69. The molecule has 0 aliphatic carbocycles. The minimum absolute atomic E-state index is 0.135. The van der Waals surface area contributed by atoms with E-state index in [-0.39, 0.29) is 16.6 Å². The number of carbonyl (C=O) groups is 1. The highest BCUT2D eigenvalue weighted by Gasteiger charge is 2.26. The number of hydrogen-bond donors (Lipinski definition) is 0. The van der Waals surface area contributed by atoms with E-state index < -0.39 is 0 Å². The van der Waals surface area contributed by atoms with Crippen molar-refractivity contribution in [2.24, 2.45) is 0 Å². The maximum Gasteiger partial charge on any atom is 0.337 e. The Balaban J connectivity index is 1.81. The first kappa shape index (κ1) is 22.9. The predicted octanol–water partition coefficient (Wildman–Crippen LogP) is 4.95. The molecule has 0 radical (unpaired) electrons. The second kappa shape index (κ2) is 10.5. The van der Waals surface area contributed by atoms with Crippen LogP contribution in [0.4, 0.5) is 0 Å². The third kappa shape index (κ3) is 5.26. The highest BCUT2D eigenvalue weighted by Crippen LogP contribution is 2.27. The van der Waals surface area contributed by atoms with Crippen LogP contribution >= 0.6 is 23.2 Å². The van der Waals surface area contributed by atoms with E-state index >= 15 is 0 Å². The molecule has 3 rings (SSSR count). The van der Waals surface area contributed by atoms with Gasteiger partial charge in [0.15, 0.2) is 0 Å². The number of likely N-dealkylation sites (tertiary alicyclic amines) is 1. The Kier molecular flexibility index (Phi) is 7.98. The molecule has 1 aliphatic rings. The molecule has 0 saturated carbocycles. The van der Waals surface area contributed by atoms with Crippen molar-refractivity contribution < 1.29 is 9.53 Å². The Hall–Kier alpha value is -1.82. The quantitative estimate of drug-likeness (QED) is 0.533. The standard InChI is InChI=1S/C23H28Cl2N2O3/c1-3-5-18-6-4-12-26(18)15-21-19(24)14-20(25)22(28)27(21)13-11-16-7-9-17(10-8-16)23(29)30-2/h7-10,14,18H,3-6,11-13,15H2,1-2H3/t18-/m0/s1. The summed E-state index contributed by atoms with van der Waals surface area (Å²) in [4.78, 5) is 26.9. The second-order valence-corrected chi connectivity index (χ2v) is 8.55. The van der Waals surface area contributed by atoms with Crippen LogP contribution in [0.3, 0.4) is 0 Å². The Bertz CT molecular complexity index is 941. The van der Waals surface area contributed by atoms with Gasteiger partial charge in [0.05, 0.1) is 23.4 Å². The maximum atomic E-state index is 12.8. The summed E-state index contributed by atoms with van der Waals surface area (Å²) in [7, 11) is 1.36. The van der Waals surface area contributed by atoms with Crippen LogP contribution in [0.15, 0.2) is 35.1 Å². The number of aryl methyl sites for hydroxylation is 1. The SMILES string of the molecule is CCC[C@H]1CCCN1Cc1c(Cl)cc(Cl)c(=O)n1CCc1ccc(C(=O)OC)cc1. The molecule has 7 heteroatoms. The van der Waals surface area contributed by atoms with Crippen LogP contribution in [0, 0.1) is 0 Å². The van der Waals surface area contributed by atoms with Gasteiger partial charge in [-0.2, -0.15) is 0 Å². The zero-order valence-corrected chi connectivity index (χ0v) is 19.0. The number of aromatic nitrogens is 1. The number of methoxy groups -OCH3 is 1. The summed E-state index contributed by atoms with van der Waals surface area (Å²) in [6.07, 6.45) is 5.29. The molecule has 2 aromatic rings. The lowest BCUT2D eigenvalue weighted by atomic mass is 10.1. The van der Waals surface area contributed by atoms with E-state index in [1.54, 1.807) is 22.8 Å². The fourth-order valence-electron chi connectivity index (χ4n) is 4.16. The van der Waals surface area contributed by atoms with E-state index in [9.17, 15) is 9.59 Å². The van der Waals surface area contributed by atoms with Crippen molar-refractivity contribution in [3.8, 4) is 0 Å².